The van der Waals surface area contributed by atoms with Gasteiger partial charge in [-0.15, -0.1) is 0 Å². The number of benzene rings is 1. The van der Waals surface area contributed by atoms with Crippen molar-refractivity contribution in [1.29, 1.82) is 0 Å². The van der Waals surface area contributed by atoms with Crippen molar-refractivity contribution in [3.05, 3.63) is 70.3 Å². The first-order valence-electron chi connectivity index (χ1n) is 14.3. The van der Waals surface area contributed by atoms with Crippen LogP contribution in [-0.4, -0.2) is 70.9 Å². The van der Waals surface area contributed by atoms with Gasteiger partial charge in [0.05, 0.1) is 11.1 Å². The number of amides is 2. The fraction of sp³-hybridized carbons (Fsp3) is 0.419. The number of rotatable bonds is 9. The highest BCUT2D eigenvalue weighted by molar-refractivity contribution is 6.35. The van der Waals surface area contributed by atoms with Crippen LogP contribution < -0.4 is 15.5 Å². The van der Waals surface area contributed by atoms with Gasteiger partial charge in [0.2, 0.25) is 5.95 Å². The van der Waals surface area contributed by atoms with Crippen LogP contribution >= 0.6 is 0 Å². The van der Waals surface area contributed by atoms with E-state index in [1.165, 1.54) is 5.56 Å². The van der Waals surface area contributed by atoms with E-state index in [9.17, 15) is 9.59 Å². The average molecular weight is 542 g/mol. The molecule has 40 heavy (non-hydrogen) atoms. The van der Waals surface area contributed by atoms with E-state index in [2.05, 4.69) is 61.4 Å². The number of nitrogens with one attached hydrogen (secondary N) is 3. The molecule has 4 heterocycles. The number of aromatic nitrogens is 3. The summed E-state index contributed by atoms with van der Waals surface area (Å²) in [6.07, 6.45) is 7.44. The van der Waals surface area contributed by atoms with E-state index in [1.807, 2.05) is 32.1 Å². The minimum absolute atomic E-state index is 0.0890. The Labute approximate surface area is 236 Å². The zero-order valence-electron chi connectivity index (χ0n) is 23.9. The van der Waals surface area contributed by atoms with Gasteiger partial charge < -0.3 is 25.4 Å². The first-order chi connectivity index (χ1) is 19.4. The Balaban J connectivity index is 1.32. The first kappa shape index (κ1) is 27.6. The quantitative estimate of drug-likeness (QED) is 0.348. The van der Waals surface area contributed by atoms with E-state index in [4.69, 9.17) is 0 Å². The van der Waals surface area contributed by atoms with Crippen molar-refractivity contribution in [3.8, 4) is 0 Å². The summed E-state index contributed by atoms with van der Waals surface area (Å²) in [6.45, 7) is 13.2. The molecule has 0 saturated carbocycles. The van der Waals surface area contributed by atoms with Crippen molar-refractivity contribution in [1.82, 2.24) is 25.2 Å². The van der Waals surface area contributed by atoms with Crippen molar-refractivity contribution in [3.63, 3.8) is 0 Å². The zero-order chi connectivity index (χ0) is 28.2. The van der Waals surface area contributed by atoms with Gasteiger partial charge in [-0.05, 0) is 81.1 Å². The van der Waals surface area contributed by atoms with Gasteiger partial charge >= 0.3 is 0 Å². The Morgan fingerprint density at radius 3 is 2.58 bits per heavy atom. The molecule has 2 aliphatic heterocycles. The minimum atomic E-state index is -0.125. The molecule has 2 aliphatic rings. The SMILES string of the molecule is CCN(CC)CCNC(=O)c1c(C)[nH]c(/C=C2\C(=O)Nc3ccc(C4CCN(c5ncccn5)CC4)cc32)c1C. The van der Waals surface area contributed by atoms with E-state index < -0.39 is 0 Å². The third-order valence-electron chi connectivity index (χ3n) is 8.23. The molecule has 3 N–H and O–H groups in total. The lowest BCUT2D eigenvalue weighted by atomic mass is 9.87. The normalized spacial score (nSPS) is 16.5. The highest BCUT2D eigenvalue weighted by Gasteiger charge is 2.28. The van der Waals surface area contributed by atoms with Gasteiger partial charge in [-0.3, -0.25) is 9.59 Å². The molecule has 1 fully saturated rings. The molecule has 9 heteroatoms. The fourth-order valence-corrected chi connectivity index (χ4v) is 5.83. The number of H-pyrrole nitrogens is 1. The van der Waals surface area contributed by atoms with E-state index >= 15 is 0 Å². The predicted molar refractivity (Wildman–Crippen MR) is 160 cm³/mol. The monoisotopic (exact) mass is 541 g/mol. The summed E-state index contributed by atoms with van der Waals surface area (Å²) in [4.78, 5) is 42.7. The second-order valence-electron chi connectivity index (χ2n) is 10.6. The van der Waals surface area contributed by atoms with Crippen LogP contribution in [0.5, 0.6) is 0 Å². The maximum Gasteiger partial charge on any atom is 0.256 e. The average Bonchev–Trinajstić information content (AvgIpc) is 3.44. The van der Waals surface area contributed by atoms with Crippen LogP contribution in [0.4, 0.5) is 11.6 Å². The number of fused-ring (bicyclic) bond motifs is 1. The molecule has 0 atom stereocenters. The van der Waals surface area contributed by atoms with Crippen molar-refractivity contribution in [2.75, 3.05) is 49.5 Å². The number of likely N-dealkylation sites (N-methyl/N-ethyl adjacent to an activating group) is 1. The van der Waals surface area contributed by atoms with Crippen LogP contribution in [0.3, 0.4) is 0 Å². The van der Waals surface area contributed by atoms with Crippen LogP contribution in [0, 0.1) is 13.8 Å². The van der Waals surface area contributed by atoms with Crippen molar-refractivity contribution in [2.45, 2.75) is 46.5 Å². The van der Waals surface area contributed by atoms with Crippen molar-refractivity contribution in [2.24, 2.45) is 0 Å². The summed E-state index contributed by atoms with van der Waals surface area (Å²) >= 11 is 0. The predicted octanol–water partition coefficient (Wildman–Crippen LogP) is 4.37. The van der Waals surface area contributed by atoms with Gasteiger partial charge in [-0.25, -0.2) is 9.97 Å². The van der Waals surface area contributed by atoms with Crippen LogP contribution in [0.15, 0.2) is 36.7 Å². The molecule has 210 valence electrons. The van der Waals surface area contributed by atoms with E-state index in [0.29, 0.717) is 23.6 Å². The molecule has 1 saturated heterocycles. The third-order valence-corrected chi connectivity index (χ3v) is 8.23. The Kier molecular flexibility index (Phi) is 8.30. The largest absolute Gasteiger partial charge is 0.358 e. The summed E-state index contributed by atoms with van der Waals surface area (Å²) in [6, 6.07) is 8.13. The van der Waals surface area contributed by atoms with Gasteiger partial charge in [0, 0.05) is 61.2 Å². The topological polar surface area (TPSA) is 106 Å². The summed E-state index contributed by atoms with van der Waals surface area (Å²) in [5.74, 6) is 0.973. The van der Waals surface area contributed by atoms with Gasteiger partial charge in [0.1, 0.15) is 0 Å². The summed E-state index contributed by atoms with van der Waals surface area (Å²) in [7, 11) is 0. The standard InChI is InChI=1S/C31H39N7O2/c1-5-37(6-2)17-14-32-30(40)28-20(3)27(35-21(28)4)19-25-24-18-23(8-9-26(24)36-29(25)39)22-10-15-38(16-11-22)31-33-12-7-13-34-31/h7-9,12-13,18-19,22,35H,5-6,10-11,14-17H2,1-4H3,(H,32,40)(H,36,39)/b25-19-. The lowest BCUT2D eigenvalue weighted by Gasteiger charge is -2.32. The number of anilines is 2. The molecule has 9 nitrogen and oxygen atoms in total. The Hall–Kier alpha value is -3.98. The zero-order valence-corrected chi connectivity index (χ0v) is 23.9. The highest BCUT2D eigenvalue weighted by atomic mass is 16.2. The number of carbonyl (C=O) groups excluding carboxylic acids is 2. The van der Waals surface area contributed by atoms with Crippen LogP contribution in [-0.2, 0) is 4.79 Å². The van der Waals surface area contributed by atoms with Crippen LogP contribution in [0.2, 0.25) is 0 Å². The van der Waals surface area contributed by atoms with E-state index in [1.54, 1.807) is 12.4 Å². The molecule has 5 rings (SSSR count). The molecule has 2 aromatic heterocycles. The van der Waals surface area contributed by atoms with E-state index in [-0.39, 0.29) is 11.8 Å². The summed E-state index contributed by atoms with van der Waals surface area (Å²) in [5.41, 5.74) is 6.66. The Bertz CT molecular complexity index is 1400. The van der Waals surface area contributed by atoms with Crippen molar-refractivity contribution < 1.29 is 9.59 Å². The van der Waals surface area contributed by atoms with Gasteiger partial charge in [-0.2, -0.15) is 0 Å². The lowest BCUT2D eigenvalue weighted by Crippen LogP contribution is -2.35. The van der Waals surface area contributed by atoms with Gasteiger partial charge in [0.15, 0.2) is 0 Å². The number of aromatic amines is 1. The molecule has 3 aromatic rings. The van der Waals surface area contributed by atoms with Gasteiger partial charge in [-0.1, -0.05) is 19.9 Å². The Morgan fingerprint density at radius 2 is 1.88 bits per heavy atom. The van der Waals surface area contributed by atoms with Crippen LogP contribution in [0.25, 0.3) is 11.6 Å². The summed E-state index contributed by atoms with van der Waals surface area (Å²) in [5, 5.41) is 6.07. The third kappa shape index (κ3) is 5.65. The molecule has 0 bridgehead atoms. The van der Waals surface area contributed by atoms with E-state index in [0.717, 1.165) is 79.7 Å². The molecule has 0 spiro atoms. The summed E-state index contributed by atoms with van der Waals surface area (Å²) < 4.78 is 0. The van der Waals surface area contributed by atoms with Crippen molar-refractivity contribution >= 4 is 35.1 Å². The molecular formula is C31H39N7O2. The number of piperidine rings is 1. The maximum absolute atomic E-state index is 13.0. The number of nitrogens with zero attached hydrogens (tertiary/aromatic N) is 4. The lowest BCUT2D eigenvalue weighted by molar-refractivity contribution is -0.110. The molecule has 2 amide bonds. The fourth-order valence-electron chi connectivity index (χ4n) is 5.83. The van der Waals surface area contributed by atoms with Gasteiger partial charge in [0.25, 0.3) is 11.8 Å². The first-order valence-corrected chi connectivity index (χ1v) is 14.3. The maximum atomic E-state index is 13.0. The van der Waals surface area contributed by atoms with Crippen LogP contribution in [0.1, 0.15) is 71.0 Å². The number of hydrogen-bond donors (Lipinski definition) is 3. The molecular weight excluding hydrogens is 502 g/mol. The molecule has 0 aliphatic carbocycles. The Morgan fingerprint density at radius 1 is 1.15 bits per heavy atom. The minimum Gasteiger partial charge on any atom is -0.358 e. The number of hydrogen-bond acceptors (Lipinski definition) is 6. The number of aryl methyl sites for hydroxylation is 1. The second-order valence-corrected chi connectivity index (χ2v) is 10.6. The highest BCUT2D eigenvalue weighted by Crippen LogP contribution is 2.38. The number of carbonyl (C=O) groups is 2. The molecule has 0 radical (unpaired) electrons. The smallest absolute Gasteiger partial charge is 0.256 e. The second kappa shape index (κ2) is 12.0. The molecule has 0 unspecified atom stereocenters. The molecule has 1 aromatic carbocycles.